The molecule has 0 radical (unpaired) electrons. The lowest BCUT2D eigenvalue weighted by Crippen LogP contribution is -2.06. The van der Waals surface area contributed by atoms with Gasteiger partial charge in [0, 0.05) is 6.42 Å². The SMILES string of the molecule is CCCC[C@H]1C[C@H](c2ccc(OC)cc2)C(=O)O1. The molecule has 3 nitrogen and oxygen atoms in total. The summed E-state index contributed by atoms with van der Waals surface area (Å²) in [6, 6.07) is 7.68. The van der Waals surface area contributed by atoms with E-state index < -0.39 is 0 Å². The summed E-state index contributed by atoms with van der Waals surface area (Å²) in [7, 11) is 1.64. The van der Waals surface area contributed by atoms with Crippen molar-refractivity contribution in [3.63, 3.8) is 0 Å². The third kappa shape index (κ3) is 2.84. The number of carbonyl (C=O) groups excluding carboxylic acids is 1. The van der Waals surface area contributed by atoms with Gasteiger partial charge in [0.15, 0.2) is 0 Å². The van der Waals surface area contributed by atoms with Gasteiger partial charge in [-0.05, 0) is 24.1 Å². The maximum Gasteiger partial charge on any atom is 0.313 e. The van der Waals surface area contributed by atoms with Crippen LogP contribution in [0, 0.1) is 0 Å². The minimum Gasteiger partial charge on any atom is -0.497 e. The molecule has 2 atom stereocenters. The van der Waals surface area contributed by atoms with Crippen LogP contribution in [0.2, 0.25) is 0 Å². The maximum absolute atomic E-state index is 11.8. The van der Waals surface area contributed by atoms with E-state index in [9.17, 15) is 4.79 Å². The number of hydrogen-bond donors (Lipinski definition) is 0. The van der Waals surface area contributed by atoms with Crippen LogP contribution in [-0.2, 0) is 9.53 Å². The highest BCUT2D eigenvalue weighted by molar-refractivity contribution is 5.80. The van der Waals surface area contributed by atoms with Gasteiger partial charge in [0.1, 0.15) is 11.9 Å². The molecule has 1 heterocycles. The van der Waals surface area contributed by atoms with Crippen molar-refractivity contribution in [1.82, 2.24) is 0 Å². The molecule has 98 valence electrons. The van der Waals surface area contributed by atoms with Gasteiger partial charge < -0.3 is 9.47 Å². The highest BCUT2D eigenvalue weighted by Crippen LogP contribution is 2.33. The average molecular weight is 248 g/mol. The molecule has 0 amide bonds. The molecule has 1 aromatic rings. The van der Waals surface area contributed by atoms with Gasteiger partial charge in [-0.1, -0.05) is 31.9 Å². The molecule has 0 aromatic heterocycles. The predicted octanol–water partition coefficient (Wildman–Crippen LogP) is 3.28. The Hall–Kier alpha value is -1.51. The van der Waals surface area contributed by atoms with Crippen LogP contribution < -0.4 is 4.74 Å². The molecule has 0 saturated carbocycles. The van der Waals surface area contributed by atoms with Crippen molar-refractivity contribution in [1.29, 1.82) is 0 Å². The largest absolute Gasteiger partial charge is 0.497 e. The second-order valence-corrected chi connectivity index (χ2v) is 4.76. The van der Waals surface area contributed by atoms with Crippen molar-refractivity contribution in [3.05, 3.63) is 29.8 Å². The number of esters is 1. The molecule has 0 aliphatic carbocycles. The van der Waals surface area contributed by atoms with E-state index in [1.807, 2.05) is 24.3 Å². The molecule has 0 spiro atoms. The first-order chi connectivity index (χ1) is 8.74. The Morgan fingerprint density at radius 3 is 2.67 bits per heavy atom. The fourth-order valence-electron chi connectivity index (χ4n) is 2.37. The summed E-state index contributed by atoms with van der Waals surface area (Å²) in [6.45, 7) is 2.15. The summed E-state index contributed by atoms with van der Waals surface area (Å²) in [5.74, 6) is 0.631. The van der Waals surface area contributed by atoms with Gasteiger partial charge in [-0.3, -0.25) is 4.79 Å². The summed E-state index contributed by atoms with van der Waals surface area (Å²) in [6.07, 6.45) is 4.15. The molecule has 1 aliphatic heterocycles. The Labute approximate surface area is 108 Å². The quantitative estimate of drug-likeness (QED) is 0.750. The van der Waals surface area contributed by atoms with Crippen LogP contribution in [0.5, 0.6) is 5.75 Å². The van der Waals surface area contributed by atoms with E-state index >= 15 is 0 Å². The standard InChI is InChI=1S/C15H20O3/c1-3-4-5-13-10-14(15(16)18-13)11-6-8-12(17-2)9-7-11/h6-9,13-14H,3-5,10H2,1-2H3/t13-,14+/m0/s1. The first kappa shape index (κ1) is 12.9. The maximum atomic E-state index is 11.8. The molecule has 2 rings (SSSR count). The summed E-state index contributed by atoms with van der Waals surface area (Å²) < 4.78 is 10.5. The van der Waals surface area contributed by atoms with E-state index in [1.54, 1.807) is 7.11 Å². The average Bonchev–Trinajstić information content (AvgIpc) is 2.78. The van der Waals surface area contributed by atoms with E-state index in [-0.39, 0.29) is 18.0 Å². The van der Waals surface area contributed by atoms with Gasteiger partial charge in [0.25, 0.3) is 0 Å². The highest BCUT2D eigenvalue weighted by atomic mass is 16.5. The molecule has 0 N–H and O–H groups in total. The van der Waals surface area contributed by atoms with E-state index in [4.69, 9.17) is 9.47 Å². The third-order valence-corrected chi connectivity index (χ3v) is 3.46. The van der Waals surface area contributed by atoms with Crippen molar-refractivity contribution in [2.24, 2.45) is 0 Å². The lowest BCUT2D eigenvalue weighted by Gasteiger charge is -2.07. The van der Waals surface area contributed by atoms with Gasteiger partial charge in [0.2, 0.25) is 0 Å². The Bertz CT molecular complexity index is 397. The second-order valence-electron chi connectivity index (χ2n) is 4.76. The zero-order valence-corrected chi connectivity index (χ0v) is 11.0. The van der Waals surface area contributed by atoms with E-state index in [0.717, 1.165) is 37.0 Å². The summed E-state index contributed by atoms with van der Waals surface area (Å²) in [5.41, 5.74) is 1.03. The number of cyclic esters (lactones) is 1. The smallest absolute Gasteiger partial charge is 0.313 e. The molecule has 0 bridgehead atoms. The zero-order chi connectivity index (χ0) is 13.0. The number of unbranched alkanes of at least 4 members (excludes halogenated alkanes) is 1. The van der Waals surface area contributed by atoms with E-state index in [0.29, 0.717) is 0 Å². The molecule has 1 aromatic carbocycles. The van der Waals surface area contributed by atoms with E-state index in [2.05, 4.69) is 6.92 Å². The molecule has 18 heavy (non-hydrogen) atoms. The topological polar surface area (TPSA) is 35.5 Å². The minimum absolute atomic E-state index is 0.0822. The van der Waals surface area contributed by atoms with Gasteiger partial charge in [-0.25, -0.2) is 0 Å². The first-order valence-corrected chi connectivity index (χ1v) is 6.59. The first-order valence-electron chi connectivity index (χ1n) is 6.59. The van der Waals surface area contributed by atoms with Gasteiger partial charge >= 0.3 is 5.97 Å². The molecule has 0 unspecified atom stereocenters. The summed E-state index contributed by atoms with van der Waals surface area (Å²) in [5, 5.41) is 0. The molecular weight excluding hydrogens is 228 g/mol. The van der Waals surface area contributed by atoms with Crippen LogP contribution in [0.15, 0.2) is 24.3 Å². The van der Waals surface area contributed by atoms with Gasteiger partial charge in [-0.2, -0.15) is 0 Å². The van der Waals surface area contributed by atoms with Crippen LogP contribution in [0.25, 0.3) is 0 Å². The van der Waals surface area contributed by atoms with Crippen LogP contribution in [-0.4, -0.2) is 19.2 Å². The number of methoxy groups -OCH3 is 1. The number of ether oxygens (including phenoxy) is 2. The number of rotatable bonds is 5. The van der Waals surface area contributed by atoms with Crippen LogP contribution in [0.4, 0.5) is 0 Å². The normalized spacial score (nSPS) is 22.9. The molecular formula is C15H20O3. The fraction of sp³-hybridized carbons (Fsp3) is 0.533. The predicted molar refractivity (Wildman–Crippen MR) is 69.8 cm³/mol. The van der Waals surface area contributed by atoms with Crippen molar-refractivity contribution < 1.29 is 14.3 Å². The molecule has 3 heteroatoms. The minimum atomic E-state index is -0.0993. The van der Waals surface area contributed by atoms with Gasteiger partial charge in [-0.15, -0.1) is 0 Å². The van der Waals surface area contributed by atoms with Crippen LogP contribution >= 0.6 is 0 Å². The third-order valence-electron chi connectivity index (χ3n) is 3.46. The number of carbonyl (C=O) groups is 1. The fourth-order valence-corrected chi connectivity index (χ4v) is 2.37. The number of hydrogen-bond acceptors (Lipinski definition) is 3. The van der Waals surface area contributed by atoms with Crippen LogP contribution in [0.3, 0.4) is 0 Å². The van der Waals surface area contributed by atoms with Crippen molar-refractivity contribution in [3.8, 4) is 5.75 Å². The highest BCUT2D eigenvalue weighted by Gasteiger charge is 2.34. The Morgan fingerprint density at radius 1 is 1.33 bits per heavy atom. The van der Waals surface area contributed by atoms with Gasteiger partial charge in [0.05, 0.1) is 13.0 Å². The summed E-state index contributed by atoms with van der Waals surface area (Å²) >= 11 is 0. The Balaban J connectivity index is 2.02. The van der Waals surface area contributed by atoms with Crippen molar-refractivity contribution in [2.45, 2.75) is 44.6 Å². The Morgan fingerprint density at radius 2 is 2.06 bits per heavy atom. The Kier molecular flexibility index (Phi) is 4.24. The molecule has 1 aliphatic rings. The number of benzene rings is 1. The monoisotopic (exact) mass is 248 g/mol. The zero-order valence-electron chi connectivity index (χ0n) is 11.0. The van der Waals surface area contributed by atoms with Crippen LogP contribution in [0.1, 0.15) is 44.1 Å². The lowest BCUT2D eigenvalue weighted by molar-refractivity contribution is -0.142. The lowest BCUT2D eigenvalue weighted by atomic mass is 9.94. The summed E-state index contributed by atoms with van der Waals surface area (Å²) in [4.78, 5) is 11.8. The molecule has 1 fully saturated rings. The van der Waals surface area contributed by atoms with E-state index in [1.165, 1.54) is 0 Å². The van der Waals surface area contributed by atoms with Crippen molar-refractivity contribution in [2.75, 3.05) is 7.11 Å². The molecule has 1 saturated heterocycles. The second kappa shape index (κ2) is 5.89. The van der Waals surface area contributed by atoms with Crippen molar-refractivity contribution >= 4 is 5.97 Å².